The Labute approximate surface area is 183 Å². The van der Waals surface area contributed by atoms with E-state index in [1.54, 1.807) is 12.1 Å². The van der Waals surface area contributed by atoms with E-state index in [0.717, 1.165) is 24.1 Å². The van der Waals surface area contributed by atoms with Crippen molar-refractivity contribution in [2.75, 3.05) is 22.9 Å². The van der Waals surface area contributed by atoms with Gasteiger partial charge in [0.25, 0.3) is 0 Å². The van der Waals surface area contributed by atoms with Crippen molar-refractivity contribution in [2.24, 2.45) is 0 Å². The zero-order valence-electron chi connectivity index (χ0n) is 17.1. The third-order valence-corrected chi connectivity index (χ3v) is 7.53. The van der Waals surface area contributed by atoms with Gasteiger partial charge in [-0.1, -0.05) is 55.3 Å². The third-order valence-electron chi connectivity index (χ3n) is 5.14. The molecule has 0 radical (unpaired) electrons. The van der Waals surface area contributed by atoms with Gasteiger partial charge >= 0.3 is 0 Å². The fraction of sp³-hybridized carbons (Fsp3) is 0.409. The molecule has 0 saturated carbocycles. The predicted molar refractivity (Wildman–Crippen MR) is 122 cm³/mol. The first kappa shape index (κ1) is 22.6. The molecular weight excluding hydrogens is 422 g/mol. The molecule has 1 atom stereocenters. The van der Waals surface area contributed by atoms with Crippen LogP contribution in [0.1, 0.15) is 38.2 Å². The second-order valence-electron chi connectivity index (χ2n) is 7.46. The molecular formula is C22H28ClN3O3S. The number of nitrogens with zero attached hydrogens (tertiary/aromatic N) is 1. The lowest BCUT2D eigenvalue weighted by Crippen LogP contribution is -2.50. The Morgan fingerprint density at radius 2 is 1.93 bits per heavy atom. The number of anilines is 2. The Kier molecular flexibility index (Phi) is 7.75. The number of hydrogen-bond acceptors (Lipinski definition) is 4. The highest BCUT2D eigenvalue weighted by molar-refractivity contribution is 7.89. The van der Waals surface area contributed by atoms with Crippen molar-refractivity contribution >= 4 is 38.9 Å². The van der Waals surface area contributed by atoms with Crippen LogP contribution in [-0.2, 0) is 21.4 Å². The van der Waals surface area contributed by atoms with Crippen molar-refractivity contribution in [3.8, 4) is 0 Å². The number of piperidine rings is 1. The molecule has 8 heteroatoms. The minimum Gasteiger partial charge on any atom is -0.380 e. The number of benzene rings is 2. The number of hydrogen-bond donors (Lipinski definition) is 2. The van der Waals surface area contributed by atoms with E-state index in [-0.39, 0.29) is 11.7 Å². The second kappa shape index (κ2) is 10.3. The van der Waals surface area contributed by atoms with Gasteiger partial charge in [-0.25, -0.2) is 8.42 Å². The Hall–Kier alpha value is -2.09. The van der Waals surface area contributed by atoms with Crippen LogP contribution in [0.4, 0.5) is 11.4 Å². The van der Waals surface area contributed by atoms with Crippen LogP contribution >= 0.6 is 11.6 Å². The molecule has 1 unspecified atom stereocenters. The van der Waals surface area contributed by atoms with Crippen LogP contribution in [0.3, 0.4) is 0 Å². The minimum absolute atomic E-state index is 0.0599. The molecule has 1 amide bonds. The summed E-state index contributed by atoms with van der Waals surface area (Å²) in [5.41, 5.74) is 2.45. The molecule has 1 saturated heterocycles. The summed E-state index contributed by atoms with van der Waals surface area (Å²) < 4.78 is 26.5. The summed E-state index contributed by atoms with van der Waals surface area (Å²) in [4.78, 5) is 12.9. The van der Waals surface area contributed by atoms with Gasteiger partial charge < -0.3 is 10.6 Å². The van der Waals surface area contributed by atoms with Crippen LogP contribution in [0, 0.1) is 0 Å². The van der Waals surface area contributed by atoms with Gasteiger partial charge in [-0.05, 0) is 43.0 Å². The van der Waals surface area contributed by atoms with Crippen molar-refractivity contribution in [3.05, 3.63) is 59.1 Å². The van der Waals surface area contributed by atoms with E-state index < -0.39 is 16.1 Å². The highest BCUT2D eigenvalue weighted by Gasteiger charge is 2.36. The maximum absolute atomic E-state index is 12.9. The maximum atomic E-state index is 12.9. The lowest BCUT2D eigenvalue weighted by Gasteiger charge is -2.33. The minimum atomic E-state index is -3.43. The van der Waals surface area contributed by atoms with Crippen molar-refractivity contribution in [1.82, 2.24) is 4.31 Å². The predicted octanol–water partition coefficient (Wildman–Crippen LogP) is 4.48. The summed E-state index contributed by atoms with van der Waals surface area (Å²) in [5, 5.41) is 6.61. The molecule has 0 bridgehead atoms. The molecule has 2 aromatic rings. The van der Waals surface area contributed by atoms with Gasteiger partial charge in [0.1, 0.15) is 6.04 Å². The molecule has 3 rings (SSSR count). The van der Waals surface area contributed by atoms with E-state index in [9.17, 15) is 13.2 Å². The smallest absolute Gasteiger partial charge is 0.242 e. The molecule has 30 heavy (non-hydrogen) atoms. The van der Waals surface area contributed by atoms with Crippen molar-refractivity contribution in [3.63, 3.8) is 0 Å². The van der Waals surface area contributed by atoms with E-state index in [1.807, 2.05) is 43.3 Å². The van der Waals surface area contributed by atoms with Gasteiger partial charge in [-0.15, -0.1) is 0 Å². The number of sulfonamides is 1. The molecule has 1 fully saturated rings. The Bertz CT molecular complexity index is 967. The number of nitrogens with one attached hydrogen (secondary N) is 2. The quantitative estimate of drug-likeness (QED) is 0.622. The summed E-state index contributed by atoms with van der Waals surface area (Å²) in [6, 6.07) is 14.6. The van der Waals surface area contributed by atoms with Gasteiger partial charge in [0, 0.05) is 18.8 Å². The molecule has 1 heterocycles. The molecule has 0 aliphatic carbocycles. The Morgan fingerprint density at radius 3 is 2.63 bits per heavy atom. The van der Waals surface area contributed by atoms with Gasteiger partial charge in [-0.2, -0.15) is 4.31 Å². The van der Waals surface area contributed by atoms with Crippen molar-refractivity contribution < 1.29 is 13.2 Å². The summed E-state index contributed by atoms with van der Waals surface area (Å²) in [7, 11) is -3.43. The zero-order chi connectivity index (χ0) is 21.6. The number of carbonyl (C=O) groups is 1. The molecule has 6 nitrogen and oxygen atoms in total. The number of halogens is 1. The summed E-state index contributed by atoms with van der Waals surface area (Å²) >= 11 is 6.39. The van der Waals surface area contributed by atoms with E-state index in [2.05, 4.69) is 10.6 Å². The fourth-order valence-corrected chi connectivity index (χ4v) is 5.62. The van der Waals surface area contributed by atoms with E-state index in [0.29, 0.717) is 36.6 Å². The van der Waals surface area contributed by atoms with Gasteiger partial charge in [0.15, 0.2) is 0 Å². The standard InChI is InChI=1S/C22H28ClN3O3S/c1-2-14-30(28,29)26-13-7-6-10-21(26)22(27)25-18-11-12-20(19(23)15-18)24-16-17-8-4-3-5-9-17/h3-5,8-9,11-12,15,21,24H,2,6-7,10,13-14,16H2,1H3,(H,25,27). The summed E-state index contributed by atoms with van der Waals surface area (Å²) in [5.74, 6) is -0.250. The molecule has 0 aromatic heterocycles. The van der Waals surface area contributed by atoms with Crippen LogP contribution in [0.25, 0.3) is 0 Å². The number of amides is 1. The SMILES string of the molecule is CCCS(=O)(=O)N1CCCCC1C(=O)Nc1ccc(NCc2ccccc2)c(Cl)c1. The summed E-state index contributed by atoms with van der Waals surface area (Å²) in [6.45, 7) is 2.86. The molecule has 1 aliphatic rings. The van der Waals surface area contributed by atoms with Crippen LogP contribution in [0.2, 0.25) is 5.02 Å². The third kappa shape index (κ3) is 5.74. The van der Waals surface area contributed by atoms with Crippen molar-refractivity contribution in [1.29, 1.82) is 0 Å². The Balaban J connectivity index is 1.66. The average Bonchev–Trinajstić information content (AvgIpc) is 2.74. The van der Waals surface area contributed by atoms with Crippen molar-refractivity contribution in [2.45, 2.75) is 45.2 Å². The largest absolute Gasteiger partial charge is 0.380 e. The van der Waals surface area contributed by atoms with Gasteiger partial charge in [0.05, 0.1) is 16.5 Å². The van der Waals surface area contributed by atoms with Crippen LogP contribution in [-0.4, -0.2) is 37.0 Å². The average molecular weight is 450 g/mol. The number of rotatable bonds is 8. The monoisotopic (exact) mass is 449 g/mol. The van der Waals surface area contributed by atoms with E-state index >= 15 is 0 Å². The first-order valence-electron chi connectivity index (χ1n) is 10.3. The van der Waals surface area contributed by atoms with Crippen LogP contribution < -0.4 is 10.6 Å². The lowest BCUT2D eigenvalue weighted by molar-refractivity contribution is -0.120. The molecule has 0 spiro atoms. The second-order valence-corrected chi connectivity index (χ2v) is 9.91. The highest BCUT2D eigenvalue weighted by Crippen LogP contribution is 2.27. The van der Waals surface area contributed by atoms with Crippen LogP contribution in [0.15, 0.2) is 48.5 Å². The first-order chi connectivity index (χ1) is 14.4. The van der Waals surface area contributed by atoms with Crippen LogP contribution in [0.5, 0.6) is 0 Å². The number of carbonyl (C=O) groups excluding carboxylic acids is 1. The summed E-state index contributed by atoms with van der Waals surface area (Å²) in [6.07, 6.45) is 2.67. The fourth-order valence-electron chi connectivity index (χ4n) is 3.63. The Morgan fingerprint density at radius 1 is 1.17 bits per heavy atom. The normalized spacial score (nSPS) is 17.5. The van der Waals surface area contributed by atoms with E-state index in [1.165, 1.54) is 4.31 Å². The maximum Gasteiger partial charge on any atom is 0.242 e. The van der Waals surface area contributed by atoms with Gasteiger partial charge in [-0.3, -0.25) is 4.79 Å². The highest BCUT2D eigenvalue weighted by atomic mass is 35.5. The molecule has 2 N–H and O–H groups in total. The molecule has 162 valence electrons. The lowest BCUT2D eigenvalue weighted by atomic mass is 10.0. The van der Waals surface area contributed by atoms with E-state index in [4.69, 9.17) is 11.6 Å². The first-order valence-corrected chi connectivity index (χ1v) is 12.3. The topological polar surface area (TPSA) is 78.5 Å². The zero-order valence-corrected chi connectivity index (χ0v) is 18.7. The molecule has 2 aromatic carbocycles. The molecule has 1 aliphatic heterocycles. The van der Waals surface area contributed by atoms with Gasteiger partial charge in [0.2, 0.25) is 15.9 Å².